The maximum Gasteiger partial charge on any atom is 0.122 e. The smallest absolute Gasteiger partial charge is 0.122 e. The fraction of sp³-hybridized carbons (Fsp3) is 0.625. The van der Waals surface area contributed by atoms with Crippen LogP contribution in [0.4, 0.5) is 0 Å². The lowest BCUT2D eigenvalue weighted by molar-refractivity contribution is 0.263. The Morgan fingerprint density at radius 3 is 2.84 bits per heavy atom. The highest BCUT2D eigenvalue weighted by Crippen LogP contribution is 2.32. The molecule has 0 aliphatic carbocycles. The van der Waals surface area contributed by atoms with Crippen molar-refractivity contribution in [3.05, 3.63) is 29.8 Å². The third-order valence-electron chi connectivity index (χ3n) is 4.25. The molecular formula is C16H23NOS. The molecule has 1 fully saturated rings. The van der Waals surface area contributed by atoms with E-state index < -0.39 is 0 Å². The molecule has 3 rings (SSSR count). The van der Waals surface area contributed by atoms with Gasteiger partial charge in [-0.2, -0.15) is 11.8 Å². The van der Waals surface area contributed by atoms with E-state index in [1.807, 2.05) is 0 Å². The first-order chi connectivity index (χ1) is 9.43. The molecule has 0 amide bonds. The molecule has 1 unspecified atom stereocenters. The Hall–Kier alpha value is -0.670. The maximum absolute atomic E-state index is 5.72. The number of para-hydroxylation sites is 1. The third kappa shape index (κ3) is 3.46. The fourth-order valence-electron chi connectivity index (χ4n) is 3.04. The molecule has 1 aromatic carbocycles. The summed E-state index contributed by atoms with van der Waals surface area (Å²) < 4.78 is 5.72. The van der Waals surface area contributed by atoms with Gasteiger partial charge >= 0.3 is 0 Å². The Morgan fingerprint density at radius 2 is 1.95 bits per heavy atom. The molecule has 0 aromatic heterocycles. The van der Waals surface area contributed by atoms with E-state index in [9.17, 15) is 0 Å². The highest BCUT2D eigenvalue weighted by molar-refractivity contribution is 7.99. The van der Waals surface area contributed by atoms with E-state index in [1.54, 1.807) is 0 Å². The Balaban J connectivity index is 1.50. The third-order valence-corrected chi connectivity index (χ3v) is 5.30. The topological polar surface area (TPSA) is 21.3 Å². The number of benzene rings is 1. The van der Waals surface area contributed by atoms with E-state index in [4.69, 9.17) is 4.74 Å². The van der Waals surface area contributed by atoms with Crippen LogP contribution in [0.5, 0.6) is 5.75 Å². The summed E-state index contributed by atoms with van der Waals surface area (Å²) in [5.41, 5.74) is 1.39. The quantitative estimate of drug-likeness (QED) is 0.912. The van der Waals surface area contributed by atoms with Gasteiger partial charge in [-0.1, -0.05) is 18.2 Å². The molecule has 1 aromatic rings. The molecule has 1 N–H and O–H groups in total. The van der Waals surface area contributed by atoms with E-state index in [-0.39, 0.29) is 0 Å². The monoisotopic (exact) mass is 277 g/mol. The van der Waals surface area contributed by atoms with Crippen LogP contribution >= 0.6 is 11.8 Å². The van der Waals surface area contributed by atoms with Gasteiger partial charge in [0.2, 0.25) is 0 Å². The minimum absolute atomic E-state index is 0.628. The van der Waals surface area contributed by atoms with E-state index in [1.165, 1.54) is 36.5 Å². The number of ether oxygens (including phenoxy) is 1. The number of thioether (sulfide) groups is 1. The number of hydrogen-bond donors (Lipinski definition) is 1. The predicted octanol–water partition coefficient (Wildman–Crippen LogP) is 3.29. The zero-order valence-corrected chi connectivity index (χ0v) is 12.3. The summed E-state index contributed by atoms with van der Waals surface area (Å²) in [6.07, 6.45) is 3.93. The fourth-order valence-corrected chi connectivity index (χ4v) is 4.24. The number of hydrogen-bond acceptors (Lipinski definition) is 3. The molecule has 2 nitrogen and oxygen atoms in total. The van der Waals surface area contributed by atoms with Crippen LogP contribution in [0.1, 0.15) is 30.7 Å². The van der Waals surface area contributed by atoms with Gasteiger partial charge in [0, 0.05) is 12.5 Å². The Kier molecular flexibility index (Phi) is 4.67. The maximum atomic E-state index is 5.72. The van der Waals surface area contributed by atoms with Crippen molar-refractivity contribution in [3.63, 3.8) is 0 Å². The van der Waals surface area contributed by atoms with Gasteiger partial charge in [0.05, 0.1) is 6.61 Å². The van der Waals surface area contributed by atoms with Gasteiger partial charge in [0.1, 0.15) is 5.75 Å². The Labute approximate surface area is 120 Å². The predicted molar refractivity (Wildman–Crippen MR) is 82.2 cm³/mol. The zero-order valence-electron chi connectivity index (χ0n) is 11.4. The zero-order chi connectivity index (χ0) is 12.9. The molecule has 104 valence electrons. The molecule has 2 aliphatic rings. The first kappa shape index (κ1) is 13.3. The van der Waals surface area contributed by atoms with Gasteiger partial charge in [-0.25, -0.2) is 0 Å². The normalized spacial score (nSPS) is 23.7. The standard InChI is InChI=1S/C16H23NOS/c1-2-4-16-15(3-1)14(5-8-18-16)12-17-11-13-6-9-19-10-7-13/h1-4,13-14,17H,5-12H2. The van der Waals surface area contributed by atoms with Crippen molar-refractivity contribution in [2.45, 2.75) is 25.2 Å². The summed E-state index contributed by atoms with van der Waals surface area (Å²) >= 11 is 2.11. The number of nitrogens with one attached hydrogen (secondary N) is 1. The molecular weight excluding hydrogens is 254 g/mol. The average Bonchev–Trinajstić information content (AvgIpc) is 2.49. The molecule has 0 radical (unpaired) electrons. The lowest BCUT2D eigenvalue weighted by atomic mass is 9.93. The second-order valence-electron chi connectivity index (χ2n) is 5.59. The summed E-state index contributed by atoms with van der Waals surface area (Å²) in [6.45, 7) is 3.16. The second-order valence-corrected chi connectivity index (χ2v) is 6.81. The van der Waals surface area contributed by atoms with Gasteiger partial charge in [0.25, 0.3) is 0 Å². The largest absolute Gasteiger partial charge is 0.493 e. The van der Waals surface area contributed by atoms with Gasteiger partial charge in [-0.3, -0.25) is 0 Å². The molecule has 0 spiro atoms. The minimum atomic E-state index is 0.628. The van der Waals surface area contributed by atoms with E-state index >= 15 is 0 Å². The van der Waals surface area contributed by atoms with Crippen molar-refractivity contribution in [1.29, 1.82) is 0 Å². The molecule has 19 heavy (non-hydrogen) atoms. The van der Waals surface area contributed by atoms with E-state index in [0.29, 0.717) is 5.92 Å². The van der Waals surface area contributed by atoms with Crippen LogP contribution in [-0.2, 0) is 0 Å². The molecule has 2 aliphatic heterocycles. The lowest BCUT2D eigenvalue weighted by Crippen LogP contribution is -2.31. The van der Waals surface area contributed by atoms with Crippen LogP contribution in [0.2, 0.25) is 0 Å². The van der Waals surface area contributed by atoms with Crippen molar-refractivity contribution in [3.8, 4) is 5.75 Å². The van der Waals surface area contributed by atoms with Crippen molar-refractivity contribution < 1.29 is 4.74 Å². The molecule has 0 saturated carbocycles. The van der Waals surface area contributed by atoms with Crippen LogP contribution in [0.25, 0.3) is 0 Å². The summed E-state index contributed by atoms with van der Waals surface area (Å²) in [7, 11) is 0. The van der Waals surface area contributed by atoms with Crippen LogP contribution in [0.15, 0.2) is 24.3 Å². The summed E-state index contributed by atoms with van der Waals surface area (Å²) in [6, 6.07) is 8.51. The van der Waals surface area contributed by atoms with Crippen LogP contribution in [0, 0.1) is 5.92 Å². The van der Waals surface area contributed by atoms with Crippen LogP contribution in [-0.4, -0.2) is 31.2 Å². The average molecular weight is 277 g/mol. The minimum Gasteiger partial charge on any atom is -0.493 e. The summed E-state index contributed by atoms with van der Waals surface area (Å²) in [5.74, 6) is 5.33. The molecule has 1 saturated heterocycles. The van der Waals surface area contributed by atoms with Crippen molar-refractivity contribution in [2.24, 2.45) is 5.92 Å². The highest BCUT2D eigenvalue weighted by atomic mass is 32.2. The van der Waals surface area contributed by atoms with Gasteiger partial charge in [0.15, 0.2) is 0 Å². The highest BCUT2D eigenvalue weighted by Gasteiger charge is 2.21. The Morgan fingerprint density at radius 1 is 1.11 bits per heavy atom. The van der Waals surface area contributed by atoms with Gasteiger partial charge in [-0.15, -0.1) is 0 Å². The molecule has 1 atom stereocenters. The summed E-state index contributed by atoms with van der Waals surface area (Å²) in [5, 5.41) is 3.70. The first-order valence-electron chi connectivity index (χ1n) is 7.43. The first-order valence-corrected chi connectivity index (χ1v) is 8.59. The van der Waals surface area contributed by atoms with Gasteiger partial charge < -0.3 is 10.1 Å². The molecule has 2 heterocycles. The summed E-state index contributed by atoms with van der Waals surface area (Å²) in [4.78, 5) is 0. The number of fused-ring (bicyclic) bond motifs is 1. The SMILES string of the molecule is c1ccc2c(c1)OCCC2CNCC1CCSCC1. The lowest BCUT2D eigenvalue weighted by Gasteiger charge is -2.27. The van der Waals surface area contributed by atoms with E-state index in [0.717, 1.165) is 31.2 Å². The van der Waals surface area contributed by atoms with Crippen LogP contribution in [0.3, 0.4) is 0 Å². The van der Waals surface area contributed by atoms with Crippen molar-refractivity contribution in [2.75, 3.05) is 31.2 Å². The van der Waals surface area contributed by atoms with E-state index in [2.05, 4.69) is 41.3 Å². The van der Waals surface area contributed by atoms with Gasteiger partial charge in [-0.05, 0) is 54.9 Å². The van der Waals surface area contributed by atoms with Crippen LogP contribution < -0.4 is 10.1 Å². The number of rotatable bonds is 4. The molecule has 3 heteroatoms. The molecule has 0 bridgehead atoms. The second kappa shape index (κ2) is 6.67. The van der Waals surface area contributed by atoms with Crippen molar-refractivity contribution >= 4 is 11.8 Å². The Bertz CT molecular complexity index is 403. The van der Waals surface area contributed by atoms with Crippen molar-refractivity contribution in [1.82, 2.24) is 5.32 Å².